The molecule has 0 spiro atoms. The van der Waals surface area contributed by atoms with Crippen molar-refractivity contribution in [1.29, 1.82) is 0 Å². The largest absolute Gasteiger partial charge is 0.394 e. The summed E-state index contributed by atoms with van der Waals surface area (Å²) in [4.78, 5) is 32.5. The van der Waals surface area contributed by atoms with Crippen molar-refractivity contribution in [3.8, 4) is 0 Å². The lowest BCUT2D eigenvalue weighted by atomic mass is 10.1. The minimum atomic E-state index is -1.03. The van der Waals surface area contributed by atoms with Gasteiger partial charge in [-0.05, 0) is 42.0 Å². The van der Waals surface area contributed by atoms with E-state index >= 15 is 0 Å². The molecule has 0 aliphatic carbocycles. The van der Waals surface area contributed by atoms with Gasteiger partial charge in [0.05, 0.1) is 18.5 Å². The molecule has 1 atom stereocenters. The number of aliphatic hydroxyl groups is 1. The van der Waals surface area contributed by atoms with Crippen LogP contribution in [0.5, 0.6) is 0 Å². The molecule has 0 aliphatic rings. The van der Waals surface area contributed by atoms with Crippen molar-refractivity contribution in [3.05, 3.63) is 66.6 Å². The lowest BCUT2D eigenvalue weighted by molar-refractivity contribution is -0.126. The minimum Gasteiger partial charge on any atom is -0.394 e. The van der Waals surface area contributed by atoms with Crippen molar-refractivity contribution in [3.63, 3.8) is 0 Å². The SMILES string of the molecule is O=C(Cc1ccncc1)N[C@@H](CO)C(=O)Nc1ccc2ncccc2c1. The number of fused-ring (bicyclic) bond motifs is 1. The van der Waals surface area contributed by atoms with Gasteiger partial charge < -0.3 is 15.7 Å². The third-order valence-corrected chi connectivity index (χ3v) is 3.82. The van der Waals surface area contributed by atoms with E-state index in [2.05, 4.69) is 20.6 Å². The van der Waals surface area contributed by atoms with E-state index in [1.807, 2.05) is 12.1 Å². The van der Waals surface area contributed by atoms with Crippen molar-refractivity contribution in [2.45, 2.75) is 12.5 Å². The standard InChI is InChI=1S/C19H18N4O3/c24-12-17(23-18(25)10-13-5-8-20-9-6-13)19(26)22-15-3-4-16-14(11-15)2-1-7-21-16/h1-9,11,17,24H,10,12H2,(H,22,26)(H,23,25)/t17-/m0/s1. The van der Waals surface area contributed by atoms with Crippen LogP contribution in [0.4, 0.5) is 5.69 Å². The van der Waals surface area contributed by atoms with E-state index in [-0.39, 0.29) is 12.3 Å². The van der Waals surface area contributed by atoms with Gasteiger partial charge in [0.15, 0.2) is 0 Å². The summed E-state index contributed by atoms with van der Waals surface area (Å²) in [5.41, 5.74) is 2.16. The summed E-state index contributed by atoms with van der Waals surface area (Å²) in [5, 5.41) is 15.6. The predicted molar refractivity (Wildman–Crippen MR) is 97.3 cm³/mol. The Hall–Kier alpha value is -3.32. The zero-order valence-electron chi connectivity index (χ0n) is 13.9. The fourth-order valence-electron chi connectivity index (χ4n) is 2.51. The summed E-state index contributed by atoms with van der Waals surface area (Å²) in [6, 6.07) is 11.4. The van der Waals surface area contributed by atoms with E-state index in [1.54, 1.807) is 48.9 Å². The number of pyridine rings is 2. The number of benzene rings is 1. The molecule has 2 aromatic heterocycles. The summed E-state index contributed by atoms with van der Waals surface area (Å²) < 4.78 is 0. The predicted octanol–water partition coefficient (Wildman–Crippen LogP) is 1.29. The molecule has 1 aromatic carbocycles. The number of aliphatic hydroxyl groups excluding tert-OH is 1. The van der Waals surface area contributed by atoms with Gasteiger partial charge in [0.25, 0.3) is 0 Å². The van der Waals surface area contributed by atoms with Crippen LogP contribution in [-0.4, -0.2) is 39.5 Å². The summed E-state index contributed by atoms with van der Waals surface area (Å²) in [7, 11) is 0. The Morgan fingerprint density at radius 1 is 1.08 bits per heavy atom. The number of nitrogens with one attached hydrogen (secondary N) is 2. The topological polar surface area (TPSA) is 104 Å². The van der Waals surface area contributed by atoms with E-state index in [1.165, 1.54) is 0 Å². The molecule has 2 heterocycles. The lowest BCUT2D eigenvalue weighted by Gasteiger charge is -2.16. The quantitative estimate of drug-likeness (QED) is 0.621. The molecule has 0 fully saturated rings. The normalized spacial score (nSPS) is 11.7. The average molecular weight is 350 g/mol. The zero-order valence-corrected chi connectivity index (χ0v) is 13.9. The summed E-state index contributed by atoms with van der Waals surface area (Å²) >= 11 is 0. The van der Waals surface area contributed by atoms with Gasteiger partial charge in [0.2, 0.25) is 11.8 Å². The van der Waals surface area contributed by atoms with Crippen LogP contribution in [0.25, 0.3) is 10.9 Å². The van der Waals surface area contributed by atoms with Gasteiger partial charge in [-0.2, -0.15) is 0 Å². The number of aromatic nitrogens is 2. The second-order valence-corrected chi connectivity index (χ2v) is 5.74. The molecule has 26 heavy (non-hydrogen) atoms. The second-order valence-electron chi connectivity index (χ2n) is 5.74. The van der Waals surface area contributed by atoms with Gasteiger partial charge in [-0.1, -0.05) is 6.07 Å². The van der Waals surface area contributed by atoms with Gasteiger partial charge in [-0.25, -0.2) is 0 Å². The second kappa shape index (κ2) is 8.17. The van der Waals surface area contributed by atoms with Crippen LogP contribution < -0.4 is 10.6 Å². The first-order valence-electron chi connectivity index (χ1n) is 8.10. The van der Waals surface area contributed by atoms with Gasteiger partial charge >= 0.3 is 0 Å². The smallest absolute Gasteiger partial charge is 0.249 e. The molecule has 0 unspecified atom stereocenters. The molecule has 3 rings (SSSR count). The van der Waals surface area contributed by atoms with Crippen LogP contribution in [0, 0.1) is 0 Å². The number of rotatable bonds is 6. The number of hydrogen-bond acceptors (Lipinski definition) is 5. The Balaban J connectivity index is 1.63. The van der Waals surface area contributed by atoms with Crippen LogP contribution in [-0.2, 0) is 16.0 Å². The first-order valence-corrected chi connectivity index (χ1v) is 8.10. The molecule has 0 saturated heterocycles. The van der Waals surface area contributed by atoms with Crippen LogP contribution >= 0.6 is 0 Å². The van der Waals surface area contributed by atoms with E-state index in [4.69, 9.17) is 0 Å². The molecule has 0 saturated carbocycles. The number of carbonyl (C=O) groups excluding carboxylic acids is 2. The fourth-order valence-corrected chi connectivity index (χ4v) is 2.51. The molecule has 7 heteroatoms. The average Bonchev–Trinajstić information content (AvgIpc) is 2.66. The maximum absolute atomic E-state index is 12.4. The van der Waals surface area contributed by atoms with Crippen molar-refractivity contribution in [1.82, 2.24) is 15.3 Å². The first kappa shape index (κ1) is 17.5. The van der Waals surface area contributed by atoms with Crippen molar-refractivity contribution < 1.29 is 14.7 Å². The molecule has 2 amide bonds. The third-order valence-electron chi connectivity index (χ3n) is 3.82. The molecule has 7 nitrogen and oxygen atoms in total. The lowest BCUT2D eigenvalue weighted by Crippen LogP contribution is -2.46. The van der Waals surface area contributed by atoms with Crippen LogP contribution in [0.15, 0.2) is 61.1 Å². The van der Waals surface area contributed by atoms with Gasteiger partial charge in [0, 0.05) is 29.7 Å². The van der Waals surface area contributed by atoms with E-state index in [0.29, 0.717) is 5.69 Å². The Morgan fingerprint density at radius 2 is 1.88 bits per heavy atom. The third kappa shape index (κ3) is 4.40. The summed E-state index contributed by atoms with van der Waals surface area (Å²) in [6.45, 7) is -0.497. The minimum absolute atomic E-state index is 0.105. The molecular weight excluding hydrogens is 332 g/mol. The molecule has 132 valence electrons. The van der Waals surface area contributed by atoms with E-state index in [9.17, 15) is 14.7 Å². The fraction of sp³-hybridized carbons (Fsp3) is 0.158. The van der Waals surface area contributed by atoms with Gasteiger partial charge in [-0.15, -0.1) is 0 Å². The molecule has 0 aliphatic heterocycles. The van der Waals surface area contributed by atoms with E-state index < -0.39 is 18.6 Å². The van der Waals surface area contributed by atoms with Crippen LogP contribution in [0.3, 0.4) is 0 Å². The van der Waals surface area contributed by atoms with Crippen LogP contribution in [0.2, 0.25) is 0 Å². The van der Waals surface area contributed by atoms with Crippen molar-refractivity contribution in [2.24, 2.45) is 0 Å². The maximum atomic E-state index is 12.4. The van der Waals surface area contributed by atoms with Crippen molar-refractivity contribution >= 4 is 28.4 Å². The Labute approximate surface area is 150 Å². The number of nitrogens with zero attached hydrogens (tertiary/aromatic N) is 2. The highest BCUT2D eigenvalue weighted by molar-refractivity contribution is 5.98. The highest BCUT2D eigenvalue weighted by Gasteiger charge is 2.20. The molecule has 3 aromatic rings. The Morgan fingerprint density at radius 3 is 2.65 bits per heavy atom. The molecule has 3 N–H and O–H groups in total. The highest BCUT2D eigenvalue weighted by atomic mass is 16.3. The number of amides is 2. The molecule has 0 radical (unpaired) electrons. The maximum Gasteiger partial charge on any atom is 0.249 e. The number of carbonyl (C=O) groups is 2. The highest BCUT2D eigenvalue weighted by Crippen LogP contribution is 2.17. The molecule has 0 bridgehead atoms. The Bertz CT molecular complexity index is 915. The van der Waals surface area contributed by atoms with Crippen LogP contribution in [0.1, 0.15) is 5.56 Å². The summed E-state index contributed by atoms with van der Waals surface area (Å²) in [6.07, 6.45) is 4.98. The number of hydrogen-bond donors (Lipinski definition) is 3. The van der Waals surface area contributed by atoms with Gasteiger partial charge in [0.1, 0.15) is 6.04 Å². The van der Waals surface area contributed by atoms with Gasteiger partial charge in [-0.3, -0.25) is 19.6 Å². The Kier molecular flexibility index (Phi) is 5.50. The number of anilines is 1. The summed E-state index contributed by atoms with van der Waals surface area (Å²) in [5.74, 6) is -0.841. The van der Waals surface area contributed by atoms with Crippen molar-refractivity contribution in [2.75, 3.05) is 11.9 Å². The van der Waals surface area contributed by atoms with E-state index in [0.717, 1.165) is 16.5 Å². The zero-order chi connectivity index (χ0) is 18.4. The molecular formula is C19H18N4O3. The first-order chi connectivity index (χ1) is 12.7. The monoisotopic (exact) mass is 350 g/mol.